The van der Waals surface area contributed by atoms with E-state index in [2.05, 4.69) is 63.6 Å². The number of fused-ring (bicyclic) bond motifs is 3. The van der Waals surface area contributed by atoms with Gasteiger partial charge in [0.2, 0.25) is 5.91 Å². The molecule has 1 saturated heterocycles. The molecular weight excluding hydrogens is 312 g/mol. The molecule has 5 nitrogen and oxygen atoms in total. The van der Waals surface area contributed by atoms with Gasteiger partial charge in [0.25, 0.3) is 0 Å². The Morgan fingerprint density at radius 2 is 1.84 bits per heavy atom. The Kier molecular flexibility index (Phi) is 4.52. The van der Waals surface area contributed by atoms with Crippen LogP contribution in [0.25, 0.3) is 10.9 Å². The van der Waals surface area contributed by atoms with Crippen molar-refractivity contribution in [1.82, 2.24) is 19.3 Å². The van der Waals surface area contributed by atoms with Crippen LogP contribution in [0.2, 0.25) is 0 Å². The summed E-state index contributed by atoms with van der Waals surface area (Å²) in [6, 6.07) is 10.8. The monoisotopic (exact) mass is 340 g/mol. The van der Waals surface area contributed by atoms with Crippen LogP contribution >= 0.6 is 0 Å². The normalized spacial score (nSPS) is 20.6. The third kappa shape index (κ3) is 3.07. The number of para-hydroxylation sites is 1. The second kappa shape index (κ2) is 6.81. The maximum Gasteiger partial charge on any atom is 0.240 e. The SMILES string of the molecule is CC[C@@H](C(=O)N1CCn2c(cc3ccccc32)C1)N1CCN(C)CC1. The van der Waals surface area contributed by atoms with E-state index in [1.807, 2.05) is 0 Å². The third-order valence-electron chi connectivity index (χ3n) is 5.80. The average molecular weight is 340 g/mol. The minimum atomic E-state index is 0.0321. The summed E-state index contributed by atoms with van der Waals surface area (Å²) in [6.45, 7) is 8.68. The molecule has 0 spiro atoms. The van der Waals surface area contributed by atoms with Crippen molar-refractivity contribution in [2.45, 2.75) is 32.5 Å². The van der Waals surface area contributed by atoms with Crippen LogP contribution in [0.3, 0.4) is 0 Å². The van der Waals surface area contributed by atoms with Gasteiger partial charge in [-0.3, -0.25) is 9.69 Å². The van der Waals surface area contributed by atoms with Crippen molar-refractivity contribution in [2.24, 2.45) is 0 Å². The van der Waals surface area contributed by atoms with Crippen molar-refractivity contribution in [3.63, 3.8) is 0 Å². The molecule has 0 unspecified atom stereocenters. The maximum atomic E-state index is 13.2. The van der Waals surface area contributed by atoms with Crippen molar-refractivity contribution >= 4 is 16.8 Å². The van der Waals surface area contributed by atoms with Crippen LogP contribution in [0.15, 0.2) is 30.3 Å². The Balaban J connectivity index is 1.51. The van der Waals surface area contributed by atoms with Gasteiger partial charge in [0.05, 0.1) is 12.6 Å². The molecule has 1 fully saturated rings. The molecule has 0 N–H and O–H groups in total. The van der Waals surface area contributed by atoms with Gasteiger partial charge >= 0.3 is 0 Å². The number of hydrogen-bond donors (Lipinski definition) is 0. The predicted octanol–water partition coefficient (Wildman–Crippen LogP) is 2.01. The van der Waals surface area contributed by atoms with E-state index in [4.69, 9.17) is 0 Å². The van der Waals surface area contributed by atoms with Gasteiger partial charge in [-0.05, 0) is 31.0 Å². The fourth-order valence-corrected chi connectivity index (χ4v) is 4.28. The number of nitrogens with zero attached hydrogens (tertiary/aromatic N) is 4. The minimum Gasteiger partial charge on any atom is -0.341 e. The molecule has 4 rings (SSSR count). The highest BCUT2D eigenvalue weighted by atomic mass is 16.2. The van der Waals surface area contributed by atoms with Crippen molar-refractivity contribution in [1.29, 1.82) is 0 Å². The Morgan fingerprint density at radius 3 is 2.60 bits per heavy atom. The van der Waals surface area contributed by atoms with Gasteiger partial charge in [-0.1, -0.05) is 25.1 Å². The molecule has 0 aliphatic carbocycles. The fraction of sp³-hybridized carbons (Fsp3) is 0.550. The first-order valence-electron chi connectivity index (χ1n) is 9.46. The summed E-state index contributed by atoms with van der Waals surface area (Å²) in [5.41, 5.74) is 2.55. The zero-order valence-corrected chi connectivity index (χ0v) is 15.3. The number of amides is 1. The van der Waals surface area contributed by atoms with Gasteiger partial charge in [-0.2, -0.15) is 0 Å². The number of piperazine rings is 1. The largest absolute Gasteiger partial charge is 0.341 e. The number of rotatable bonds is 3. The quantitative estimate of drug-likeness (QED) is 0.857. The summed E-state index contributed by atoms with van der Waals surface area (Å²) in [6.07, 6.45) is 0.891. The molecule has 2 aliphatic heterocycles. The number of carbonyl (C=O) groups is 1. The Hall–Kier alpha value is -1.85. The lowest BCUT2D eigenvalue weighted by atomic mass is 10.1. The van der Waals surface area contributed by atoms with Gasteiger partial charge in [0.1, 0.15) is 0 Å². The van der Waals surface area contributed by atoms with E-state index in [0.717, 1.165) is 52.2 Å². The van der Waals surface area contributed by atoms with Crippen LogP contribution in [0.4, 0.5) is 0 Å². The standard InChI is InChI=1S/C20H28N4O/c1-3-18(22-10-8-21(2)9-11-22)20(25)23-12-13-24-17(15-23)14-16-6-4-5-7-19(16)24/h4-7,14,18H,3,8-13,15H2,1-2H3/t18-/m0/s1. The van der Waals surface area contributed by atoms with Gasteiger partial charge in [-0.25, -0.2) is 0 Å². The van der Waals surface area contributed by atoms with Crippen LogP contribution in [-0.4, -0.2) is 71.0 Å². The summed E-state index contributed by atoms with van der Waals surface area (Å²) in [7, 11) is 2.16. The van der Waals surface area contributed by atoms with E-state index >= 15 is 0 Å². The molecule has 2 aromatic rings. The van der Waals surface area contributed by atoms with Crippen molar-refractivity contribution in [3.8, 4) is 0 Å². The first kappa shape index (κ1) is 16.6. The van der Waals surface area contributed by atoms with E-state index in [0.29, 0.717) is 5.91 Å². The van der Waals surface area contributed by atoms with Crippen LogP contribution in [0.1, 0.15) is 19.0 Å². The summed E-state index contributed by atoms with van der Waals surface area (Å²) >= 11 is 0. The summed E-state index contributed by atoms with van der Waals surface area (Å²) in [4.78, 5) is 20.0. The van der Waals surface area contributed by atoms with Crippen molar-refractivity contribution in [3.05, 3.63) is 36.0 Å². The Morgan fingerprint density at radius 1 is 1.08 bits per heavy atom. The first-order chi connectivity index (χ1) is 12.2. The van der Waals surface area contributed by atoms with E-state index in [1.165, 1.54) is 16.6 Å². The zero-order chi connectivity index (χ0) is 17.4. The van der Waals surface area contributed by atoms with Gasteiger partial charge in [0.15, 0.2) is 0 Å². The Labute approximate surface area is 149 Å². The lowest BCUT2D eigenvalue weighted by molar-refractivity contribution is -0.139. The predicted molar refractivity (Wildman–Crippen MR) is 101 cm³/mol. The van der Waals surface area contributed by atoms with Gasteiger partial charge < -0.3 is 14.4 Å². The van der Waals surface area contributed by atoms with Crippen LogP contribution in [-0.2, 0) is 17.9 Å². The number of benzene rings is 1. The smallest absolute Gasteiger partial charge is 0.240 e. The number of aromatic nitrogens is 1. The van der Waals surface area contributed by atoms with Crippen LogP contribution in [0.5, 0.6) is 0 Å². The molecule has 0 radical (unpaired) electrons. The highest BCUT2D eigenvalue weighted by molar-refractivity contribution is 5.84. The summed E-state index contributed by atoms with van der Waals surface area (Å²) in [5.74, 6) is 0.309. The van der Waals surface area contributed by atoms with Crippen LogP contribution < -0.4 is 0 Å². The highest BCUT2D eigenvalue weighted by Gasteiger charge is 2.32. The van der Waals surface area contributed by atoms with Gasteiger partial charge in [-0.15, -0.1) is 0 Å². The molecule has 134 valence electrons. The summed E-state index contributed by atoms with van der Waals surface area (Å²) < 4.78 is 2.37. The zero-order valence-electron chi connectivity index (χ0n) is 15.3. The summed E-state index contributed by atoms with van der Waals surface area (Å²) in [5, 5.41) is 1.28. The molecule has 0 bridgehead atoms. The molecule has 1 aromatic carbocycles. The van der Waals surface area contributed by atoms with Crippen molar-refractivity contribution < 1.29 is 4.79 Å². The average Bonchev–Trinajstić information content (AvgIpc) is 3.01. The van der Waals surface area contributed by atoms with Crippen LogP contribution in [0, 0.1) is 0 Å². The molecule has 0 saturated carbocycles. The Bertz CT molecular complexity index is 760. The van der Waals surface area contributed by atoms with Gasteiger partial charge in [0, 0.05) is 50.5 Å². The van der Waals surface area contributed by atoms with E-state index in [1.54, 1.807) is 0 Å². The van der Waals surface area contributed by atoms with E-state index < -0.39 is 0 Å². The second-order valence-corrected chi connectivity index (χ2v) is 7.37. The fourth-order valence-electron chi connectivity index (χ4n) is 4.28. The molecule has 25 heavy (non-hydrogen) atoms. The second-order valence-electron chi connectivity index (χ2n) is 7.37. The van der Waals surface area contributed by atoms with Crippen molar-refractivity contribution in [2.75, 3.05) is 39.8 Å². The molecule has 1 aromatic heterocycles. The minimum absolute atomic E-state index is 0.0321. The van der Waals surface area contributed by atoms with E-state index in [-0.39, 0.29) is 6.04 Å². The first-order valence-corrected chi connectivity index (χ1v) is 9.46. The lowest BCUT2D eigenvalue weighted by Crippen LogP contribution is -2.55. The number of carbonyl (C=O) groups excluding carboxylic acids is 1. The molecule has 2 aliphatic rings. The van der Waals surface area contributed by atoms with E-state index in [9.17, 15) is 4.79 Å². The lowest BCUT2D eigenvalue weighted by Gasteiger charge is -2.40. The molecule has 1 atom stereocenters. The molecule has 1 amide bonds. The topological polar surface area (TPSA) is 31.7 Å². The highest BCUT2D eigenvalue weighted by Crippen LogP contribution is 2.25. The number of hydrogen-bond acceptors (Lipinski definition) is 3. The maximum absolute atomic E-state index is 13.2. The molecule has 3 heterocycles. The third-order valence-corrected chi connectivity index (χ3v) is 5.80. The molecular formula is C20H28N4O. The number of likely N-dealkylation sites (N-methyl/N-ethyl adjacent to an activating group) is 1. The molecule has 5 heteroatoms.